The molecule has 2 heterocycles. The Hall–Kier alpha value is -2.85. The molecule has 1 fully saturated rings. The average Bonchev–Trinajstić information content (AvgIpc) is 2.92. The highest BCUT2D eigenvalue weighted by molar-refractivity contribution is 5.89. The van der Waals surface area contributed by atoms with Gasteiger partial charge in [-0.3, -0.25) is 0 Å². The topological polar surface area (TPSA) is 105 Å². The molecule has 2 unspecified atom stereocenters. The SMILES string of the molecule is Cc1ccc2c(c1)C1CN(CCCC#N)CCC1N2C.O=C(O)/C=C\C(=O)O. The van der Waals surface area contributed by atoms with Crippen molar-refractivity contribution in [3.8, 4) is 6.07 Å². The van der Waals surface area contributed by atoms with Crippen molar-refractivity contribution in [2.24, 2.45) is 0 Å². The summed E-state index contributed by atoms with van der Waals surface area (Å²) in [6, 6.07) is 9.79. The van der Waals surface area contributed by atoms with Gasteiger partial charge in [0, 0.05) is 56.4 Å². The maximum Gasteiger partial charge on any atom is 0.328 e. The zero-order valence-corrected chi connectivity index (χ0v) is 16.3. The fourth-order valence-corrected chi connectivity index (χ4v) is 3.97. The van der Waals surface area contributed by atoms with E-state index in [0.717, 1.165) is 19.5 Å². The predicted molar refractivity (Wildman–Crippen MR) is 106 cm³/mol. The van der Waals surface area contributed by atoms with Crippen LogP contribution in [0.25, 0.3) is 0 Å². The molecule has 0 spiro atoms. The number of carbonyl (C=O) groups is 2. The smallest absolute Gasteiger partial charge is 0.328 e. The Morgan fingerprint density at radius 1 is 1.29 bits per heavy atom. The van der Waals surface area contributed by atoms with E-state index in [1.54, 1.807) is 0 Å². The molecule has 28 heavy (non-hydrogen) atoms. The number of hydrogen-bond acceptors (Lipinski definition) is 5. The van der Waals surface area contributed by atoms with Crippen molar-refractivity contribution in [2.45, 2.75) is 38.1 Å². The van der Waals surface area contributed by atoms with Gasteiger partial charge >= 0.3 is 11.9 Å². The molecule has 0 aliphatic carbocycles. The average molecular weight is 385 g/mol. The van der Waals surface area contributed by atoms with E-state index < -0.39 is 11.9 Å². The Bertz CT molecular complexity index is 768. The van der Waals surface area contributed by atoms with E-state index in [4.69, 9.17) is 15.5 Å². The van der Waals surface area contributed by atoms with Crippen LogP contribution in [0.4, 0.5) is 5.69 Å². The van der Waals surface area contributed by atoms with Crippen LogP contribution in [0.3, 0.4) is 0 Å². The van der Waals surface area contributed by atoms with Crippen LogP contribution >= 0.6 is 0 Å². The molecule has 2 aliphatic rings. The number of carboxylic acids is 2. The van der Waals surface area contributed by atoms with Gasteiger partial charge in [0.2, 0.25) is 0 Å². The number of fused-ring (bicyclic) bond motifs is 3. The molecule has 0 amide bonds. The summed E-state index contributed by atoms with van der Waals surface area (Å²) in [6.07, 6.45) is 4.04. The lowest BCUT2D eigenvalue weighted by Crippen LogP contribution is -2.45. The molecule has 0 saturated carbocycles. The van der Waals surface area contributed by atoms with Gasteiger partial charge < -0.3 is 20.0 Å². The van der Waals surface area contributed by atoms with Crippen molar-refractivity contribution in [3.63, 3.8) is 0 Å². The fraction of sp³-hybridized carbons (Fsp3) is 0.476. The van der Waals surface area contributed by atoms with Crippen molar-refractivity contribution < 1.29 is 19.8 Å². The van der Waals surface area contributed by atoms with Crippen molar-refractivity contribution in [2.75, 3.05) is 31.6 Å². The lowest BCUT2D eigenvalue weighted by molar-refractivity contribution is -0.134. The molecular formula is C21H27N3O4. The van der Waals surface area contributed by atoms with E-state index in [9.17, 15) is 9.59 Å². The number of likely N-dealkylation sites (N-methyl/N-ethyl adjacent to an activating group) is 1. The molecule has 0 bridgehead atoms. The van der Waals surface area contributed by atoms with Crippen LogP contribution in [0.1, 0.15) is 36.3 Å². The summed E-state index contributed by atoms with van der Waals surface area (Å²) in [5, 5.41) is 24.3. The zero-order valence-electron chi connectivity index (χ0n) is 16.3. The molecule has 7 nitrogen and oxygen atoms in total. The number of hydrogen-bond donors (Lipinski definition) is 2. The lowest BCUT2D eigenvalue weighted by Gasteiger charge is -2.37. The second-order valence-corrected chi connectivity index (χ2v) is 7.21. The zero-order chi connectivity index (χ0) is 20.7. The summed E-state index contributed by atoms with van der Waals surface area (Å²) in [5.41, 5.74) is 4.31. The number of carboxylic acid groups (broad SMARTS) is 2. The molecule has 1 saturated heterocycles. The van der Waals surface area contributed by atoms with Gasteiger partial charge in [0.25, 0.3) is 0 Å². The molecule has 2 aliphatic heterocycles. The van der Waals surface area contributed by atoms with Gasteiger partial charge in [0.15, 0.2) is 0 Å². The van der Waals surface area contributed by atoms with Crippen LogP contribution in [-0.2, 0) is 9.59 Å². The van der Waals surface area contributed by atoms with E-state index in [-0.39, 0.29) is 0 Å². The van der Waals surface area contributed by atoms with Crippen molar-refractivity contribution in [3.05, 3.63) is 41.5 Å². The molecule has 0 radical (unpaired) electrons. The first-order valence-electron chi connectivity index (χ1n) is 9.40. The highest BCUT2D eigenvalue weighted by Crippen LogP contribution is 2.44. The molecular weight excluding hydrogens is 358 g/mol. The first-order chi connectivity index (χ1) is 13.3. The first kappa shape index (κ1) is 21.5. The number of rotatable bonds is 5. The molecule has 0 aromatic heterocycles. The summed E-state index contributed by atoms with van der Waals surface area (Å²) >= 11 is 0. The third-order valence-electron chi connectivity index (χ3n) is 5.25. The summed E-state index contributed by atoms with van der Waals surface area (Å²) in [4.78, 5) is 24.1. The number of aryl methyl sites for hydroxylation is 1. The summed E-state index contributed by atoms with van der Waals surface area (Å²) in [5.74, 6) is -1.87. The normalized spacial score (nSPS) is 20.7. The minimum absolute atomic E-state index is 0.558. The number of piperidine rings is 1. The van der Waals surface area contributed by atoms with Crippen LogP contribution in [0.5, 0.6) is 0 Å². The number of nitrogens with zero attached hydrogens (tertiary/aromatic N) is 3. The van der Waals surface area contributed by atoms with Gasteiger partial charge in [-0.05, 0) is 37.9 Å². The summed E-state index contributed by atoms with van der Waals surface area (Å²) < 4.78 is 0. The number of anilines is 1. The third-order valence-corrected chi connectivity index (χ3v) is 5.25. The maximum absolute atomic E-state index is 9.55. The number of benzene rings is 1. The summed E-state index contributed by atoms with van der Waals surface area (Å²) in [6.45, 7) is 5.57. The van der Waals surface area contributed by atoms with Crippen LogP contribution in [0, 0.1) is 18.3 Å². The Morgan fingerprint density at radius 2 is 1.96 bits per heavy atom. The number of nitriles is 1. The minimum Gasteiger partial charge on any atom is -0.478 e. The Kier molecular flexibility index (Phi) is 7.59. The monoisotopic (exact) mass is 385 g/mol. The largest absolute Gasteiger partial charge is 0.478 e. The molecule has 1 aromatic rings. The van der Waals surface area contributed by atoms with Crippen LogP contribution in [-0.4, -0.2) is 59.8 Å². The van der Waals surface area contributed by atoms with Gasteiger partial charge in [-0.2, -0.15) is 5.26 Å². The van der Waals surface area contributed by atoms with Crippen LogP contribution < -0.4 is 4.90 Å². The Morgan fingerprint density at radius 3 is 2.57 bits per heavy atom. The van der Waals surface area contributed by atoms with E-state index in [1.165, 1.54) is 29.8 Å². The minimum atomic E-state index is -1.26. The Labute approximate surface area is 165 Å². The number of unbranched alkanes of at least 4 members (excludes halogenated alkanes) is 1. The van der Waals surface area contributed by atoms with Crippen LogP contribution in [0.15, 0.2) is 30.4 Å². The van der Waals surface area contributed by atoms with Crippen molar-refractivity contribution in [1.82, 2.24) is 4.90 Å². The van der Waals surface area contributed by atoms with E-state index in [2.05, 4.69) is 48.0 Å². The van der Waals surface area contributed by atoms with Gasteiger partial charge in [-0.15, -0.1) is 0 Å². The first-order valence-corrected chi connectivity index (χ1v) is 9.40. The second-order valence-electron chi connectivity index (χ2n) is 7.21. The van der Waals surface area contributed by atoms with Crippen molar-refractivity contribution in [1.29, 1.82) is 5.26 Å². The summed E-state index contributed by atoms with van der Waals surface area (Å²) in [7, 11) is 2.24. The number of aliphatic carboxylic acids is 2. The highest BCUT2D eigenvalue weighted by Gasteiger charge is 2.39. The molecule has 2 atom stereocenters. The molecule has 1 aromatic carbocycles. The van der Waals surface area contributed by atoms with Crippen LogP contribution in [0.2, 0.25) is 0 Å². The van der Waals surface area contributed by atoms with Crippen molar-refractivity contribution >= 4 is 17.6 Å². The highest BCUT2D eigenvalue weighted by atomic mass is 16.4. The standard InChI is InChI=1S/C17H23N3.C4H4O4/c1-13-5-6-16-14(11-13)15-12-20(9-4-3-8-18)10-7-17(15)19(16)2;5-3(6)1-2-4(7)8/h5-6,11,15,17H,3-4,7,9-10,12H2,1-2H3;1-2H,(H,5,6)(H,7,8)/b;2-1-. The second kappa shape index (κ2) is 9.90. The fourth-order valence-electron chi connectivity index (χ4n) is 3.97. The predicted octanol–water partition coefficient (Wildman–Crippen LogP) is 2.62. The van der Waals surface area contributed by atoms with Gasteiger partial charge in [-0.25, -0.2) is 9.59 Å². The third kappa shape index (κ3) is 5.57. The van der Waals surface area contributed by atoms with Gasteiger partial charge in [-0.1, -0.05) is 17.7 Å². The van der Waals surface area contributed by atoms with Gasteiger partial charge in [0.05, 0.1) is 6.07 Å². The maximum atomic E-state index is 9.55. The van der Waals surface area contributed by atoms with Gasteiger partial charge in [0.1, 0.15) is 0 Å². The lowest BCUT2D eigenvalue weighted by atomic mass is 9.88. The molecule has 3 rings (SSSR count). The molecule has 2 N–H and O–H groups in total. The molecule has 150 valence electrons. The van der Waals surface area contributed by atoms with E-state index in [1.807, 2.05) is 0 Å². The Balaban J connectivity index is 0.000000300. The van der Waals surface area contributed by atoms with E-state index >= 15 is 0 Å². The molecule has 7 heteroatoms. The number of likely N-dealkylation sites (tertiary alicyclic amines) is 1. The van der Waals surface area contributed by atoms with E-state index in [0.29, 0.717) is 30.5 Å². The quantitative estimate of drug-likeness (QED) is 0.593.